The van der Waals surface area contributed by atoms with Crippen LogP contribution in [0.4, 0.5) is 9.18 Å². The third-order valence-electron chi connectivity index (χ3n) is 5.34. The second-order valence-electron chi connectivity index (χ2n) is 7.17. The topological polar surface area (TPSA) is 90.5 Å². The molecule has 3 amide bonds. The van der Waals surface area contributed by atoms with E-state index in [1.165, 1.54) is 12.1 Å². The predicted molar refractivity (Wildman–Crippen MR) is 102 cm³/mol. The molecule has 0 radical (unpaired) electrons. The van der Waals surface area contributed by atoms with Crippen LogP contribution in [0, 0.1) is 11.7 Å². The summed E-state index contributed by atoms with van der Waals surface area (Å²) in [6.07, 6.45) is 0.639. The van der Waals surface area contributed by atoms with E-state index in [4.69, 9.17) is 11.6 Å². The number of amides is 3. The van der Waals surface area contributed by atoms with Crippen LogP contribution in [0.3, 0.4) is 0 Å². The third-order valence-corrected chi connectivity index (χ3v) is 5.58. The van der Waals surface area contributed by atoms with Crippen molar-refractivity contribution in [1.82, 2.24) is 16.0 Å². The van der Waals surface area contributed by atoms with Crippen LogP contribution in [-0.4, -0.2) is 35.4 Å². The Morgan fingerprint density at radius 3 is 2.64 bits per heavy atom. The number of aliphatic hydroxyl groups excluding tert-OH is 1. The average molecular weight is 404 g/mol. The maximum atomic E-state index is 14.4. The number of rotatable bonds is 5. The van der Waals surface area contributed by atoms with Crippen LogP contribution in [0.15, 0.2) is 42.5 Å². The van der Waals surface area contributed by atoms with Gasteiger partial charge in [-0.15, -0.1) is 0 Å². The standard InChI is InChI=1S/C20H19ClFN3O3/c21-12-7-8-14(16(22)9-12)13-3-1-2-4-15(13)17(26)23-10-20(11-5-6-11)18(27)24-19(28)25-20/h1-4,7-9,11,18,27H,5-6,10H2,(H,23,26)(H2,24,25,28)/t18?,20-/m0/s1. The van der Waals surface area contributed by atoms with Gasteiger partial charge in [-0.3, -0.25) is 4.79 Å². The second-order valence-corrected chi connectivity index (χ2v) is 7.60. The number of hydrogen-bond acceptors (Lipinski definition) is 3. The molecule has 2 atom stereocenters. The van der Waals surface area contributed by atoms with Crippen molar-refractivity contribution < 1.29 is 19.1 Å². The van der Waals surface area contributed by atoms with Crippen molar-refractivity contribution in [2.75, 3.05) is 6.54 Å². The molecular weight excluding hydrogens is 385 g/mol. The molecule has 2 aliphatic rings. The first-order chi connectivity index (χ1) is 13.4. The van der Waals surface area contributed by atoms with E-state index in [0.29, 0.717) is 11.1 Å². The Morgan fingerprint density at radius 2 is 2.00 bits per heavy atom. The fraction of sp³-hybridized carbons (Fsp3) is 0.300. The first-order valence-corrected chi connectivity index (χ1v) is 9.38. The number of nitrogens with one attached hydrogen (secondary N) is 3. The number of carbonyl (C=O) groups is 2. The summed E-state index contributed by atoms with van der Waals surface area (Å²) in [7, 11) is 0. The first kappa shape index (κ1) is 18.7. The normalized spacial score (nSPS) is 23.8. The van der Waals surface area contributed by atoms with Crippen LogP contribution in [0.5, 0.6) is 0 Å². The molecule has 0 spiro atoms. The molecule has 146 valence electrons. The molecule has 4 rings (SSSR count). The molecule has 1 saturated heterocycles. The Labute approximate surface area is 166 Å². The lowest BCUT2D eigenvalue weighted by atomic mass is 9.91. The van der Waals surface area contributed by atoms with Crippen molar-refractivity contribution in [3.63, 3.8) is 0 Å². The number of urea groups is 1. The number of benzene rings is 2. The highest BCUT2D eigenvalue weighted by Crippen LogP contribution is 2.42. The molecular formula is C20H19ClFN3O3. The van der Waals surface area contributed by atoms with Gasteiger partial charge in [-0.2, -0.15) is 0 Å². The molecule has 0 aromatic heterocycles. The summed E-state index contributed by atoms with van der Waals surface area (Å²) < 4.78 is 14.4. The van der Waals surface area contributed by atoms with Crippen LogP contribution in [0.2, 0.25) is 5.02 Å². The van der Waals surface area contributed by atoms with Gasteiger partial charge in [0.1, 0.15) is 11.4 Å². The van der Waals surface area contributed by atoms with Gasteiger partial charge < -0.3 is 21.1 Å². The molecule has 6 nitrogen and oxygen atoms in total. The summed E-state index contributed by atoms with van der Waals surface area (Å²) >= 11 is 5.82. The van der Waals surface area contributed by atoms with Gasteiger partial charge in [-0.1, -0.05) is 29.8 Å². The monoisotopic (exact) mass is 403 g/mol. The molecule has 1 unspecified atom stereocenters. The minimum Gasteiger partial charge on any atom is -0.371 e. The zero-order valence-corrected chi connectivity index (χ0v) is 15.6. The number of aliphatic hydroxyl groups is 1. The highest BCUT2D eigenvalue weighted by Gasteiger charge is 2.55. The van der Waals surface area contributed by atoms with Gasteiger partial charge >= 0.3 is 6.03 Å². The fourth-order valence-electron chi connectivity index (χ4n) is 3.72. The van der Waals surface area contributed by atoms with Crippen molar-refractivity contribution in [2.45, 2.75) is 24.6 Å². The molecule has 1 saturated carbocycles. The van der Waals surface area contributed by atoms with E-state index in [0.717, 1.165) is 12.8 Å². The van der Waals surface area contributed by atoms with E-state index in [-0.39, 0.29) is 23.0 Å². The van der Waals surface area contributed by atoms with Gasteiger partial charge in [0.05, 0.1) is 0 Å². The van der Waals surface area contributed by atoms with Gasteiger partial charge in [0, 0.05) is 22.7 Å². The Balaban J connectivity index is 1.58. The molecule has 1 heterocycles. The van der Waals surface area contributed by atoms with Crippen molar-refractivity contribution in [3.8, 4) is 11.1 Å². The van der Waals surface area contributed by atoms with Gasteiger partial charge in [-0.25, -0.2) is 9.18 Å². The molecule has 28 heavy (non-hydrogen) atoms. The van der Waals surface area contributed by atoms with E-state index < -0.39 is 29.5 Å². The summed E-state index contributed by atoms with van der Waals surface area (Å²) in [6, 6.07) is 10.5. The predicted octanol–water partition coefficient (Wildman–Crippen LogP) is 2.66. The summed E-state index contributed by atoms with van der Waals surface area (Å²) in [6.45, 7) is 0.0633. The molecule has 2 aromatic carbocycles. The maximum absolute atomic E-state index is 14.4. The van der Waals surface area contributed by atoms with E-state index in [9.17, 15) is 19.1 Å². The van der Waals surface area contributed by atoms with Crippen molar-refractivity contribution in [2.24, 2.45) is 5.92 Å². The first-order valence-electron chi connectivity index (χ1n) is 9.00. The minimum atomic E-state index is -1.09. The molecule has 4 N–H and O–H groups in total. The lowest BCUT2D eigenvalue weighted by molar-refractivity contribution is 0.0632. The number of halogens is 2. The Hall–Kier alpha value is -2.64. The minimum absolute atomic E-state index is 0.0633. The van der Waals surface area contributed by atoms with Gasteiger partial charge in [-0.05, 0) is 48.6 Å². The van der Waals surface area contributed by atoms with E-state index in [1.54, 1.807) is 30.3 Å². The molecule has 2 aromatic rings. The Kier molecular flexibility index (Phi) is 4.72. The SMILES string of the molecule is O=C1NC(O)[C@](CNC(=O)c2ccccc2-c2ccc(Cl)cc2F)(C2CC2)N1. The molecule has 1 aliphatic carbocycles. The summed E-state index contributed by atoms with van der Waals surface area (Å²) in [5.41, 5.74) is 0.0564. The third kappa shape index (κ3) is 3.31. The summed E-state index contributed by atoms with van der Waals surface area (Å²) in [5.74, 6) is -0.853. The summed E-state index contributed by atoms with van der Waals surface area (Å²) in [4.78, 5) is 24.5. The lowest BCUT2D eigenvalue weighted by Gasteiger charge is -2.31. The molecule has 2 fully saturated rings. The van der Waals surface area contributed by atoms with Crippen LogP contribution in [-0.2, 0) is 0 Å². The maximum Gasteiger partial charge on any atom is 0.317 e. The molecule has 1 aliphatic heterocycles. The highest BCUT2D eigenvalue weighted by atomic mass is 35.5. The van der Waals surface area contributed by atoms with Crippen molar-refractivity contribution >= 4 is 23.5 Å². The largest absolute Gasteiger partial charge is 0.371 e. The van der Waals surface area contributed by atoms with Crippen LogP contribution in [0.1, 0.15) is 23.2 Å². The zero-order chi connectivity index (χ0) is 19.9. The smallest absolute Gasteiger partial charge is 0.317 e. The Morgan fingerprint density at radius 1 is 1.25 bits per heavy atom. The fourth-order valence-corrected chi connectivity index (χ4v) is 3.88. The quantitative estimate of drug-likeness (QED) is 0.618. The van der Waals surface area contributed by atoms with E-state index >= 15 is 0 Å². The average Bonchev–Trinajstić information content (AvgIpc) is 3.46. The number of hydrogen-bond donors (Lipinski definition) is 4. The van der Waals surface area contributed by atoms with Gasteiger partial charge in [0.15, 0.2) is 6.23 Å². The molecule has 0 bridgehead atoms. The van der Waals surface area contributed by atoms with Crippen molar-refractivity contribution in [1.29, 1.82) is 0 Å². The Bertz CT molecular complexity index is 950. The zero-order valence-electron chi connectivity index (χ0n) is 14.8. The van der Waals surface area contributed by atoms with Gasteiger partial charge in [0.2, 0.25) is 0 Å². The van der Waals surface area contributed by atoms with Crippen LogP contribution < -0.4 is 16.0 Å². The number of carbonyl (C=O) groups excluding carboxylic acids is 2. The second kappa shape index (κ2) is 7.07. The lowest BCUT2D eigenvalue weighted by Crippen LogP contribution is -2.59. The van der Waals surface area contributed by atoms with Crippen LogP contribution in [0.25, 0.3) is 11.1 Å². The van der Waals surface area contributed by atoms with Crippen LogP contribution >= 0.6 is 11.6 Å². The van der Waals surface area contributed by atoms with E-state index in [1.807, 2.05) is 0 Å². The van der Waals surface area contributed by atoms with Crippen molar-refractivity contribution in [3.05, 3.63) is 58.9 Å². The van der Waals surface area contributed by atoms with E-state index in [2.05, 4.69) is 16.0 Å². The highest BCUT2D eigenvalue weighted by molar-refractivity contribution is 6.30. The summed E-state index contributed by atoms with van der Waals surface area (Å²) in [5, 5.41) is 18.5. The van der Waals surface area contributed by atoms with Gasteiger partial charge in [0.25, 0.3) is 5.91 Å². The molecule has 8 heteroatoms.